The number of rotatable bonds is 5. The molecule has 0 aliphatic carbocycles. The second-order valence-electron chi connectivity index (χ2n) is 5.13. The normalized spacial score (nSPS) is 10.6. The van der Waals surface area contributed by atoms with Crippen molar-refractivity contribution in [2.24, 2.45) is 0 Å². The third kappa shape index (κ3) is 4.31. The molecule has 0 fully saturated rings. The van der Waals surface area contributed by atoms with Gasteiger partial charge in [0.1, 0.15) is 11.6 Å². The number of thiazole rings is 1. The number of H-pyrrole nitrogens is 1. The molecule has 2 aromatic heterocycles. The van der Waals surface area contributed by atoms with E-state index in [1.165, 1.54) is 17.5 Å². The number of benzene rings is 1. The molecule has 3 rings (SSSR count). The van der Waals surface area contributed by atoms with Gasteiger partial charge in [-0.15, -0.1) is 11.3 Å². The number of amides is 1. The molecule has 0 radical (unpaired) electrons. The molecular weight excluding hydrogens is 408 g/mol. The van der Waals surface area contributed by atoms with Crippen LogP contribution >= 0.6 is 27.3 Å². The molecule has 0 spiro atoms. The summed E-state index contributed by atoms with van der Waals surface area (Å²) < 4.78 is 1.31. The number of nitrogens with one attached hydrogen (secondary N) is 2. The number of aromatic amines is 1. The molecule has 1 aromatic carbocycles. The number of carbonyl (C=O) groups excluding carboxylic acids is 1. The molecule has 0 saturated heterocycles. The molecule has 2 N–H and O–H groups in total. The molecule has 9 heteroatoms. The fourth-order valence-corrected chi connectivity index (χ4v) is 3.21. The zero-order valence-electron chi connectivity index (χ0n) is 12.9. The molecule has 1 amide bonds. The van der Waals surface area contributed by atoms with E-state index in [2.05, 4.69) is 31.2 Å². The summed E-state index contributed by atoms with van der Waals surface area (Å²) in [5.74, 6) is -0.350. The molecule has 0 aliphatic heterocycles. The van der Waals surface area contributed by atoms with Gasteiger partial charge in [0.25, 0.3) is 5.56 Å². The van der Waals surface area contributed by atoms with Crippen molar-refractivity contribution in [2.45, 2.75) is 13.1 Å². The predicted molar refractivity (Wildman–Crippen MR) is 98.4 cm³/mol. The van der Waals surface area contributed by atoms with Gasteiger partial charge >= 0.3 is 5.69 Å². The van der Waals surface area contributed by atoms with Gasteiger partial charge in [0, 0.05) is 17.1 Å². The van der Waals surface area contributed by atoms with Crippen molar-refractivity contribution >= 4 is 33.2 Å². The van der Waals surface area contributed by atoms with Crippen LogP contribution in [0.2, 0.25) is 0 Å². The zero-order chi connectivity index (χ0) is 17.8. The van der Waals surface area contributed by atoms with E-state index in [0.717, 1.165) is 20.8 Å². The molecule has 0 unspecified atom stereocenters. The average molecular weight is 421 g/mol. The van der Waals surface area contributed by atoms with Crippen molar-refractivity contribution in [3.05, 3.63) is 72.2 Å². The van der Waals surface area contributed by atoms with E-state index in [0.29, 0.717) is 0 Å². The SMILES string of the molecule is O=C(Cn1cc(Br)c(=O)[nH]c1=O)NCc1nc(-c2ccccc2)cs1. The van der Waals surface area contributed by atoms with Gasteiger partial charge in [0.2, 0.25) is 5.91 Å². The van der Waals surface area contributed by atoms with Gasteiger partial charge in [-0.05, 0) is 15.9 Å². The molecule has 3 aromatic rings. The Morgan fingerprint density at radius 1 is 1.28 bits per heavy atom. The highest BCUT2D eigenvalue weighted by Gasteiger charge is 2.09. The van der Waals surface area contributed by atoms with Crippen LogP contribution in [-0.2, 0) is 17.9 Å². The molecular formula is C16H13BrN4O3S. The van der Waals surface area contributed by atoms with E-state index in [4.69, 9.17) is 0 Å². The first-order chi connectivity index (χ1) is 12.0. The van der Waals surface area contributed by atoms with Crippen LogP contribution in [0.15, 0.2) is 56.0 Å². The number of carbonyl (C=O) groups is 1. The summed E-state index contributed by atoms with van der Waals surface area (Å²) in [4.78, 5) is 41.6. The minimum Gasteiger partial charge on any atom is -0.348 e. The number of aromatic nitrogens is 3. The summed E-state index contributed by atoms with van der Waals surface area (Å²) in [5.41, 5.74) is 0.707. The fourth-order valence-electron chi connectivity index (χ4n) is 2.12. The monoisotopic (exact) mass is 420 g/mol. The first-order valence-corrected chi connectivity index (χ1v) is 8.96. The van der Waals surface area contributed by atoms with E-state index in [-0.39, 0.29) is 23.5 Å². The Balaban J connectivity index is 1.62. The van der Waals surface area contributed by atoms with E-state index in [1.54, 1.807) is 0 Å². The quantitative estimate of drug-likeness (QED) is 0.656. The lowest BCUT2D eigenvalue weighted by atomic mass is 10.2. The highest BCUT2D eigenvalue weighted by Crippen LogP contribution is 2.21. The van der Waals surface area contributed by atoms with Crippen LogP contribution in [0, 0.1) is 0 Å². The Labute approximate surface area is 154 Å². The number of hydrogen-bond acceptors (Lipinski definition) is 5. The third-order valence-corrected chi connectivity index (χ3v) is 4.75. The highest BCUT2D eigenvalue weighted by atomic mass is 79.9. The zero-order valence-corrected chi connectivity index (χ0v) is 15.3. The lowest BCUT2D eigenvalue weighted by molar-refractivity contribution is -0.121. The van der Waals surface area contributed by atoms with Crippen LogP contribution in [0.5, 0.6) is 0 Å². The van der Waals surface area contributed by atoms with E-state index in [9.17, 15) is 14.4 Å². The molecule has 2 heterocycles. The molecule has 0 aliphatic rings. The van der Waals surface area contributed by atoms with Crippen molar-refractivity contribution in [3.8, 4) is 11.3 Å². The number of hydrogen-bond donors (Lipinski definition) is 2. The molecule has 0 bridgehead atoms. The first-order valence-electron chi connectivity index (χ1n) is 7.29. The van der Waals surface area contributed by atoms with Crippen molar-refractivity contribution in [1.29, 1.82) is 0 Å². The minimum absolute atomic E-state index is 0.187. The standard InChI is InChI=1S/C16H13BrN4O3S/c17-11-7-21(16(24)20-15(11)23)8-13(22)18-6-14-19-12(9-25-14)10-4-2-1-3-5-10/h1-5,7,9H,6,8H2,(H,18,22)(H,20,23,24). The summed E-state index contributed by atoms with van der Waals surface area (Å²) >= 11 is 4.48. The molecule has 0 saturated carbocycles. The lowest BCUT2D eigenvalue weighted by Gasteiger charge is -2.06. The third-order valence-electron chi connectivity index (χ3n) is 3.34. The van der Waals surface area contributed by atoms with E-state index in [1.807, 2.05) is 35.7 Å². The second kappa shape index (κ2) is 7.58. The molecule has 25 heavy (non-hydrogen) atoms. The van der Waals surface area contributed by atoms with E-state index < -0.39 is 11.2 Å². The number of halogens is 1. The maximum absolute atomic E-state index is 12.0. The maximum atomic E-state index is 12.0. The van der Waals surface area contributed by atoms with Gasteiger partial charge in [-0.2, -0.15) is 0 Å². The van der Waals surface area contributed by atoms with Crippen LogP contribution < -0.4 is 16.6 Å². The Morgan fingerprint density at radius 3 is 2.80 bits per heavy atom. The largest absolute Gasteiger partial charge is 0.348 e. The van der Waals surface area contributed by atoms with Gasteiger partial charge in [-0.3, -0.25) is 19.1 Å². The van der Waals surface area contributed by atoms with Crippen LogP contribution in [0.1, 0.15) is 5.01 Å². The summed E-state index contributed by atoms with van der Waals surface area (Å²) in [6, 6.07) is 9.76. The summed E-state index contributed by atoms with van der Waals surface area (Å²) in [6.45, 7) is 0.0841. The predicted octanol–water partition coefficient (Wildman–Crippen LogP) is 1.74. The summed E-state index contributed by atoms with van der Waals surface area (Å²) in [6.07, 6.45) is 1.29. The Morgan fingerprint density at radius 2 is 2.04 bits per heavy atom. The number of nitrogens with zero attached hydrogens (tertiary/aromatic N) is 2. The minimum atomic E-state index is -0.635. The summed E-state index contributed by atoms with van der Waals surface area (Å²) in [5, 5.41) is 5.41. The summed E-state index contributed by atoms with van der Waals surface area (Å²) in [7, 11) is 0. The van der Waals surface area contributed by atoms with Gasteiger partial charge in [-0.25, -0.2) is 9.78 Å². The topological polar surface area (TPSA) is 96.9 Å². The van der Waals surface area contributed by atoms with Crippen LogP contribution in [0.3, 0.4) is 0 Å². The lowest BCUT2D eigenvalue weighted by Crippen LogP contribution is -2.35. The van der Waals surface area contributed by atoms with Crippen LogP contribution in [-0.4, -0.2) is 20.4 Å². The molecule has 0 atom stereocenters. The van der Waals surface area contributed by atoms with Crippen LogP contribution in [0.4, 0.5) is 0 Å². The molecule has 128 valence electrons. The van der Waals surface area contributed by atoms with Gasteiger partial charge in [0.15, 0.2) is 0 Å². The Hall–Kier alpha value is -2.52. The Bertz CT molecular complexity index is 1010. The van der Waals surface area contributed by atoms with Crippen molar-refractivity contribution in [2.75, 3.05) is 0 Å². The first kappa shape index (κ1) is 17.3. The fraction of sp³-hybridized carbons (Fsp3) is 0.125. The van der Waals surface area contributed by atoms with Gasteiger partial charge < -0.3 is 5.32 Å². The molecule has 7 nitrogen and oxygen atoms in total. The second-order valence-corrected chi connectivity index (χ2v) is 6.93. The van der Waals surface area contributed by atoms with Crippen molar-refractivity contribution in [3.63, 3.8) is 0 Å². The smallest absolute Gasteiger partial charge is 0.328 e. The maximum Gasteiger partial charge on any atom is 0.328 e. The Kier molecular flexibility index (Phi) is 5.25. The van der Waals surface area contributed by atoms with E-state index >= 15 is 0 Å². The van der Waals surface area contributed by atoms with Crippen LogP contribution in [0.25, 0.3) is 11.3 Å². The van der Waals surface area contributed by atoms with Gasteiger partial charge in [-0.1, -0.05) is 30.3 Å². The van der Waals surface area contributed by atoms with Crippen molar-refractivity contribution < 1.29 is 4.79 Å². The highest BCUT2D eigenvalue weighted by molar-refractivity contribution is 9.10. The van der Waals surface area contributed by atoms with Gasteiger partial charge in [0.05, 0.1) is 16.7 Å². The average Bonchev–Trinajstić information content (AvgIpc) is 3.08. The van der Waals surface area contributed by atoms with Crippen molar-refractivity contribution in [1.82, 2.24) is 19.9 Å².